The highest BCUT2D eigenvalue weighted by Crippen LogP contribution is 2.31. The molecule has 2 N–H and O–H groups in total. The molecule has 0 saturated carbocycles. The molecule has 1 aliphatic rings. The van der Waals surface area contributed by atoms with E-state index in [1.165, 1.54) is 11.1 Å². The number of aromatic nitrogens is 2. The number of hydrogen-bond donors (Lipinski definition) is 2. The van der Waals surface area contributed by atoms with Crippen LogP contribution in [-0.2, 0) is 0 Å². The van der Waals surface area contributed by atoms with Gasteiger partial charge in [0, 0.05) is 24.2 Å². The topological polar surface area (TPSA) is 52.1 Å². The van der Waals surface area contributed by atoms with E-state index in [2.05, 4.69) is 45.4 Å². The summed E-state index contributed by atoms with van der Waals surface area (Å²) in [6, 6.07) is 14.6. The van der Waals surface area contributed by atoms with Crippen LogP contribution < -0.4 is 4.90 Å². The van der Waals surface area contributed by atoms with Gasteiger partial charge in [-0.2, -0.15) is 5.10 Å². The van der Waals surface area contributed by atoms with Gasteiger partial charge in [-0.05, 0) is 29.3 Å². The van der Waals surface area contributed by atoms with Crippen molar-refractivity contribution in [3.63, 3.8) is 0 Å². The Hall–Kier alpha value is -2.33. The van der Waals surface area contributed by atoms with E-state index in [9.17, 15) is 5.11 Å². The van der Waals surface area contributed by atoms with Gasteiger partial charge in [-0.3, -0.25) is 5.10 Å². The van der Waals surface area contributed by atoms with Crippen LogP contribution in [0.5, 0.6) is 0 Å². The molecule has 1 aliphatic heterocycles. The highest BCUT2D eigenvalue weighted by molar-refractivity contribution is 5.94. The number of rotatable bonds is 2. The van der Waals surface area contributed by atoms with Crippen LogP contribution in [0.3, 0.4) is 0 Å². The predicted octanol–water partition coefficient (Wildman–Crippen LogP) is 2.41. The molecule has 100 valence electrons. The Kier molecular flexibility index (Phi) is 2.50. The number of aliphatic hydroxyl groups is 1. The number of aliphatic hydroxyl groups excluding tert-OH is 1. The normalized spacial score (nSPS) is 15.6. The molecule has 1 saturated heterocycles. The zero-order chi connectivity index (χ0) is 13.5. The number of nitrogens with zero attached hydrogens (tertiary/aromatic N) is 2. The fourth-order valence-electron chi connectivity index (χ4n) is 2.76. The number of aromatic amines is 1. The summed E-state index contributed by atoms with van der Waals surface area (Å²) in [5.74, 6) is 0. The van der Waals surface area contributed by atoms with Crippen molar-refractivity contribution < 1.29 is 5.11 Å². The molecule has 1 aromatic heterocycles. The van der Waals surface area contributed by atoms with Crippen molar-refractivity contribution >= 4 is 16.6 Å². The lowest BCUT2D eigenvalue weighted by Crippen LogP contribution is -2.50. The Morgan fingerprint density at radius 3 is 2.85 bits per heavy atom. The second kappa shape index (κ2) is 4.35. The van der Waals surface area contributed by atoms with Crippen LogP contribution in [0.1, 0.15) is 0 Å². The Bertz CT molecular complexity index is 759. The van der Waals surface area contributed by atoms with Gasteiger partial charge in [-0.15, -0.1) is 0 Å². The summed E-state index contributed by atoms with van der Waals surface area (Å²) in [4.78, 5) is 2.18. The minimum absolute atomic E-state index is 0.184. The van der Waals surface area contributed by atoms with Gasteiger partial charge in [0.15, 0.2) is 0 Å². The monoisotopic (exact) mass is 265 g/mol. The number of β-amino-alcohol motifs (C(OH)–C–C–N with tert-alkyl or cyclic N) is 1. The SMILES string of the molecule is OC1CN(c2cccc(-c3cccc4[nH]ncc34)c2)C1. The number of anilines is 1. The maximum atomic E-state index is 9.43. The summed E-state index contributed by atoms with van der Waals surface area (Å²) in [6.07, 6.45) is 1.68. The van der Waals surface area contributed by atoms with Gasteiger partial charge in [0.05, 0.1) is 17.8 Å². The summed E-state index contributed by atoms with van der Waals surface area (Å²) < 4.78 is 0. The minimum Gasteiger partial charge on any atom is -0.389 e. The van der Waals surface area contributed by atoms with E-state index in [1.807, 2.05) is 18.3 Å². The van der Waals surface area contributed by atoms with E-state index < -0.39 is 0 Å². The van der Waals surface area contributed by atoms with Crippen LogP contribution >= 0.6 is 0 Å². The van der Waals surface area contributed by atoms with Crippen molar-refractivity contribution in [2.45, 2.75) is 6.10 Å². The Morgan fingerprint density at radius 2 is 2.00 bits per heavy atom. The lowest BCUT2D eigenvalue weighted by atomic mass is 10.0. The summed E-state index contributed by atoms with van der Waals surface area (Å²) in [5, 5.41) is 17.7. The van der Waals surface area contributed by atoms with Gasteiger partial charge in [-0.1, -0.05) is 24.3 Å². The molecule has 4 heteroatoms. The second-order valence-corrected chi connectivity index (χ2v) is 5.25. The zero-order valence-corrected chi connectivity index (χ0v) is 11.0. The van der Waals surface area contributed by atoms with E-state index >= 15 is 0 Å². The van der Waals surface area contributed by atoms with Crippen LogP contribution in [0.2, 0.25) is 0 Å². The van der Waals surface area contributed by atoms with E-state index in [0.29, 0.717) is 0 Å². The first-order valence-corrected chi connectivity index (χ1v) is 6.77. The Morgan fingerprint density at radius 1 is 1.15 bits per heavy atom. The molecule has 0 unspecified atom stereocenters. The molecular weight excluding hydrogens is 250 g/mol. The number of hydrogen-bond acceptors (Lipinski definition) is 3. The molecular formula is C16H15N3O. The van der Waals surface area contributed by atoms with Crippen molar-refractivity contribution in [1.29, 1.82) is 0 Å². The maximum absolute atomic E-state index is 9.43. The average molecular weight is 265 g/mol. The predicted molar refractivity (Wildman–Crippen MR) is 79.7 cm³/mol. The van der Waals surface area contributed by atoms with E-state index in [4.69, 9.17) is 0 Å². The van der Waals surface area contributed by atoms with Crippen LogP contribution in [0, 0.1) is 0 Å². The van der Waals surface area contributed by atoms with Crippen LogP contribution in [0.4, 0.5) is 5.69 Å². The summed E-state index contributed by atoms with van der Waals surface area (Å²) in [6.45, 7) is 1.44. The van der Waals surface area contributed by atoms with Crippen molar-refractivity contribution in [2.75, 3.05) is 18.0 Å². The first-order valence-electron chi connectivity index (χ1n) is 6.77. The number of H-pyrrole nitrogens is 1. The Labute approximate surface area is 116 Å². The van der Waals surface area contributed by atoms with Crippen molar-refractivity contribution in [1.82, 2.24) is 10.2 Å². The molecule has 0 amide bonds. The van der Waals surface area contributed by atoms with Gasteiger partial charge in [0.25, 0.3) is 0 Å². The number of nitrogens with one attached hydrogen (secondary N) is 1. The van der Waals surface area contributed by atoms with Crippen LogP contribution in [0.15, 0.2) is 48.7 Å². The minimum atomic E-state index is -0.184. The fourth-order valence-corrected chi connectivity index (χ4v) is 2.76. The molecule has 2 aromatic carbocycles. The van der Waals surface area contributed by atoms with Gasteiger partial charge < -0.3 is 10.0 Å². The van der Waals surface area contributed by atoms with E-state index in [1.54, 1.807) is 0 Å². The molecule has 0 bridgehead atoms. The second-order valence-electron chi connectivity index (χ2n) is 5.25. The Balaban J connectivity index is 1.78. The molecule has 0 radical (unpaired) electrons. The molecule has 4 nitrogen and oxygen atoms in total. The number of fused-ring (bicyclic) bond motifs is 1. The average Bonchev–Trinajstić information content (AvgIpc) is 2.92. The standard InChI is InChI=1S/C16H15N3O/c20-13-9-19(10-13)12-4-1-3-11(7-12)14-5-2-6-16-15(14)8-17-18-16/h1-8,13,20H,9-10H2,(H,17,18). The lowest BCUT2D eigenvalue weighted by molar-refractivity contribution is 0.142. The van der Waals surface area contributed by atoms with E-state index in [-0.39, 0.29) is 6.10 Å². The molecule has 4 rings (SSSR count). The quantitative estimate of drug-likeness (QED) is 0.748. The molecule has 0 aliphatic carbocycles. The third-order valence-electron chi connectivity index (χ3n) is 3.87. The van der Waals surface area contributed by atoms with Gasteiger partial charge >= 0.3 is 0 Å². The highest BCUT2D eigenvalue weighted by Gasteiger charge is 2.24. The van der Waals surface area contributed by atoms with Crippen molar-refractivity contribution in [3.05, 3.63) is 48.7 Å². The molecule has 20 heavy (non-hydrogen) atoms. The molecule has 1 fully saturated rings. The van der Waals surface area contributed by atoms with Crippen LogP contribution in [0.25, 0.3) is 22.0 Å². The van der Waals surface area contributed by atoms with E-state index in [0.717, 1.165) is 29.7 Å². The lowest BCUT2D eigenvalue weighted by Gasteiger charge is -2.38. The maximum Gasteiger partial charge on any atom is 0.0889 e. The smallest absolute Gasteiger partial charge is 0.0889 e. The number of benzene rings is 2. The van der Waals surface area contributed by atoms with Gasteiger partial charge in [0.2, 0.25) is 0 Å². The molecule has 0 atom stereocenters. The summed E-state index contributed by atoms with van der Waals surface area (Å²) in [7, 11) is 0. The summed E-state index contributed by atoms with van der Waals surface area (Å²) in [5.41, 5.74) is 4.57. The third-order valence-corrected chi connectivity index (χ3v) is 3.87. The zero-order valence-electron chi connectivity index (χ0n) is 11.0. The fraction of sp³-hybridized carbons (Fsp3) is 0.188. The largest absolute Gasteiger partial charge is 0.389 e. The third kappa shape index (κ3) is 1.77. The van der Waals surface area contributed by atoms with Crippen molar-refractivity contribution in [3.8, 4) is 11.1 Å². The van der Waals surface area contributed by atoms with Crippen molar-refractivity contribution in [2.24, 2.45) is 0 Å². The summed E-state index contributed by atoms with van der Waals surface area (Å²) >= 11 is 0. The molecule has 2 heterocycles. The molecule has 0 spiro atoms. The first kappa shape index (κ1) is 11.5. The first-order chi connectivity index (χ1) is 9.81. The van der Waals surface area contributed by atoms with Gasteiger partial charge in [0.1, 0.15) is 0 Å². The molecule has 3 aromatic rings. The van der Waals surface area contributed by atoms with Gasteiger partial charge in [-0.25, -0.2) is 0 Å². The van der Waals surface area contributed by atoms with Crippen LogP contribution in [-0.4, -0.2) is 34.5 Å². The highest BCUT2D eigenvalue weighted by atomic mass is 16.3.